The molecule has 35 heavy (non-hydrogen) atoms. The van der Waals surface area contributed by atoms with Gasteiger partial charge in [-0.3, -0.25) is 4.79 Å². The summed E-state index contributed by atoms with van der Waals surface area (Å²) in [6, 6.07) is 12.4. The Morgan fingerprint density at radius 3 is 2.37 bits per heavy atom. The number of nitrogens with one attached hydrogen (secondary N) is 1. The number of carbonyl (C=O) groups is 1. The number of anilines is 3. The SMILES string of the molecule is O=C(/C=C/c1csc(-c2ccc(F)cc2)n1)Nc1ccc(N2CCOCC2)cc1N1CCOCC1. The van der Waals surface area contributed by atoms with Crippen LogP contribution >= 0.6 is 11.3 Å². The van der Waals surface area contributed by atoms with Crippen LogP contribution < -0.4 is 15.1 Å². The average molecular weight is 495 g/mol. The van der Waals surface area contributed by atoms with E-state index in [0.717, 1.165) is 67.0 Å². The quantitative estimate of drug-likeness (QED) is 0.516. The van der Waals surface area contributed by atoms with Gasteiger partial charge in [-0.25, -0.2) is 9.37 Å². The number of amides is 1. The van der Waals surface area contributed by atoms with Crippen molar-refractivity contribution >= 4 is 40.4 Å². The molecule has 9 heteroatoms. The number of hydrogen-bond donors (Lipinski definition) is 1. The number of morpholine rings is 2. The number of carbonyl (C=O) groups excluding carboxylic acids is 1. The van der Waals surface area contributed by atoms with E-state index in [0.29, 0.717) is 18.9 Å². The first kappa shape index (κ1) is 23.5. The van der Waals surface area contributed by atoms with Gasteiger partial charge in [-0.2, -0.15) is 0 Å². The van der Waals surface area contributed by atoms with Crippen LogP contribution in [0.1, 0.15) is 5.69 Å². The minimum absolute atomic E-state index is 0.227. The molecule has 1 N–H and O–H groups in total. The van der Waals surface area contributed by atoms with Crippen molar-refractivity contribution in [3.8, 4) is 10.6 Å². The van der Waals surface area contributed by atoms with Crippen molar-refractivity contribution in [1.82, 2.24) is 4.98 Å². The van der Waals surface area contributed by atoms with Crippen LogP contribution in [0.15, 0.2) is 53.9 Å². The number of ether oxygens (including phenoxy) is 2. The van der Waals surface area contributed by atoms with Gasteiger partial charge in [0.2, 0.25) is 5.91 Å². The molecule has 2 aliphatic rings. The first-order valence-electron chi connectivity index (χ1n) is 11.7. The molecule has 0 bridgehead atoms. The summed E-state index contributed by atoms with van der Waals surface area (Å²) in [6.07, 6.45) is 3.18. The smallest absolute Gasteiger partial charge is 0.248 e. The van der Waals surface area contributed by atoms with E-state index in [9.17, 15) is 9.18 Å². The molecule has 2 fully saturated rings. The summed E-state index contributed by atoms with van der Waals surface area (Å²) in [6.45, 7) is 6.01. The number of aromatic nitrogens is 1. The molecular weight excluding hydrogens is 467 g/mol. The summed E-state index contributed by atoms with van der Waals surface area (Å²) in [7, 11) is 0. The zero-order valence-electron chi connectivity index (χ0n) is 19.3. The number of benzene rings is 2. The third-order valence-corrected chi connectivity index (χ3v) is 6.90. The third kappa shape index (κ3) is 5.87. The minimum atomic E-state index is -0.281. The normalized spacial score (nSPS) is 16.6. The van der Waals surface area contributed by atoms with Crippen molar-refractivity contribution < 1.29 is 18.7 Å². The molecule has 1 amide bonds. The lowest BCUT2D eigenvalue weighted by atomic mass is 10.1. The lowest BCUT2D eigenvalue weighted by molar-refractivity contribution is -0.111. The first-order valence-corrected chi connectivity index (χ1v) is 12.5. The zero-order chi connectivity index (χ0) is 24.0. The molecule has 2 aliphatic heterocycles. The fourth-order valence-electron chi connectivity index (χ4n) is 4.13. The highest BCUT2D eigenvalue weighted by Crippen LogP contribution is 2.32. The van der Waals surface area contributed by atoms with Crippen LogP contribution in [-0.2, 0) is 14.3 Å². The molecule has 2 aromatic carbocycles. The maximum absolute atomic E-state index is 13.2. The second kappa shape index (κ2) is 11.0. The average Bonchev–Trinajstić information content (AvgIpc) is 3.38. The fraction of sp³-hybridized carbons (Fsp3) is 0.308. The van der Waals surface area contributed by atoms with Gasteiger partial charge in [-0.15, -0.1) is 11.3 Å². The molecule has 0 radical (unpaired) electrons. The predicted molar refractivity (Wildman–Crippen MR) is 138 cm³/mol. The largest absolute Gasteiger partial charge is 0.378 e. The van der Waals surface area contributed by atoms with E-state index in [1.165, 1.54) is 29.5 Å². The molecule has 0 aliphatic carbocycles. The van der Waals surface area contributed by atoms with Crippen LogP contribution in [0, 0.1) is 5.82 Å². The molecule has 0 spiro atoms. The Morgan fingerprint density at radius 2 is 1.66 bits per heavy atom. The van der Waals surface area contributed by atoms with E-state index < -0.39 is 0 Å². The zero-order valence-corrected chi connectivity index (χ0v) is 20.1. The van der Waals surface area contributed by atoms with E-state index in [2.05, 4.69) is 26.2 Å². The van der Waals surface area contributed by atoms with Gasteiger partial charge in [0.05, 0.1) is 43.5 Å². The summed E-state index contributed by atoms with van der Waals surface area (Å²) in [4.78, 5) is 21.9. The van der Waals surface area contributed by atoms with Gasteiger partial charge < -0.3 is 24.6 Å². The molecule has 3 heterocycles. The maximum atomic E-state index is 13.2. The predicted octanol–water partition coefficient (Wildman–Crippen LogP) is 4.27. The van der Waals surface area contributed by atoms with E-state index in [1.54, 1.807) is 18.2 Å². The Kier molecular flexibility index (Phi) is 7.37. The topological polar surface area (TPSA) is 66.9 Å². The number of rotatable bonds is 6. The summed E-state index contributed by atoms with van der Waals surface area (Å²) in [5.74, 6) is -0.508. The van der Waals surface area contributed by atoms with Crippen molar-refractivity contribution in [3.63, 3.8) is 0 Å². The van der Waals surface area contributed by atoms with Gasteiger partial charge in [0.15, 0.2) is 0 Å². The number of halogens is 1. The minimum Gasteiger partial charge on any atom is -0.378 e. The second-order valence-corrected chi connectivity index (χ2v) is 9.17. The molecule has 1 aromatic heterocycles. The lowest BCUT2D eigenvalue weighted by Crippen LogP contribution is -2.38. The highest BCUT2D eigenvalue weighted by molar-refractivity contribution is 7.13. The van der Waals surface area contributed by atoms with Crippen molar-refractivity contribution in [2.75, 3.05) is 67.7 Å². The summed E-state index contributed by atoms with van der Waals surface area (Å²) in [5, 5.41) is 5.69. The van der Waals surface area contributed by atoms with Crippen molar-refractivity contribution in [2.45, 2.75) is 0 Å². The van der Waals surface area contributed by atoms with Crippen LogP contribution in [0.2, 0.25) is 0 Å². The Bertz CT molecular complexity index is 1190. The van der Waals surface area contributed by atoms with E-state index in [1.807, 2.05) is 17.5 Å². The number of hydrogen-bond acceptors (Lipinski definition) is 7. The van der Waals surface area contributed by atoms with Crippen LogP contribution in [0.25, 0.3) is 16.6 Å². The van der Waals surface area contributed by atoms with Crippen LogP contribution in [0.3, 0.4) is 0 Å². The Morgan fingerprint density at radius 1 is 0.971 bits per heavy atom. The van der Waals surface area contributed by atoms with Gasteiger partial charge in [0.25, 0.3) is 0 Å². The standard InChI is InChI=1S/C26H27FN4O3S/c27-20-3-1-19(2-4-20)26-28-21(18-35-26)5-8-25(32)29-23-7-6-22(30-9-13-33-14-10-30)17-24(23)31-11-15-34-16-12-31/h1-8,17-18H,9-16H2,(H,29,32)/b8-5+. The maximum Gasteiger partial charge on any atom is 0.248 e. The van der Waals surface area contributed by atoms with Crippen LogP contribution in [0.5, 0.6) is 0 Å². The molecule has 0 atom stereocenters. The van der Waals surface area contributed by atoms with Crippen molar-refractivity contribution in [1.29, 1.82) is 0 Å². The Labute approximate surface area is 207 Å². The van der Waals surface area contributed by atoms with Gasteiger partial charge in [0.1, 0.15) is 10.8 Å². The van der Waals surface area contributed by atoms with Crippen molar-refractivity contribution in [3.05, 3.63) is 65.4 Å². The number of thiazole rings is 1. The molecule has 3 aromatic rings. The van der Waals surface area contributed by atoms with Crippen molar-refractivity contribution in [2.24, 2.45) is 0 Å². The van der Waals surface area contributed by atoms with Gasteiger partial charge in [-0.05, 0) is 48.5 Å². The Hall–Kier alpha value is -3.27. The molecule has 0 unspecified atom stereocenters. The first-order chi connectivity index (χ1) is 17.2. The molecule has 0 saturated carbocycles. The van der Waals surface area contributed by atoms with E-state index in [4.69, 9.17) is 9.47 Å². The van der Waals surface area contributed by atoms with Gasteiger partial charge in [0, 0.05) is 48.9 Å². The van der Waals surface area contributed by atoms with Crippen LogP contribution in [0.4, 0.5) is 21.5 Å². The third-order valence-electron chi connectivity index (χ3n) is 5.99. The molecule has 5 rings (SSSR count). The fourth-order valence-corrected chi connectivity index (χ4v) is 4.93. The summed E-state index contributed by atoms with van der Waals surface area (Å²) < 4.78 is 24.2. The Balaban J connectivity index is 1.30. The van der Waals surface area contributed by atoms with Gasteiger partial charge in [-0.1, -0.05) is 0 Å². The monoisotopic (exact) mass is 494 g/mol. The molecule has 2 saturated heterocycles. The molecule has 7 nitrogen and oxygen atoms in total. The van der Waals surface area contributed by atoms with E-state index >= 15 is 0 Å². The van der Waals surface area contributed by atoms with E-state index in [-0.39, 0.29) is 11.7 Å². The summed E-state index contributed by atoms with van der Waals surface area (Å²) in [5.41, 5.74) is 4.41. The highest BCUT2D eigenvalue weighted by atomic mass is 32.1. The second-order valence-electron chi connectivity index (χ2n) is 8.31. The summed E-state index contributed by atoms with van der Waals surface area (Å²) >= 11 is 1.45. The van der Waals surface area contributed by atoms with Gasteiger partial charge >= 0.3 is 0 Å². The highest BCUT2D eigenvalue weighted by Gasteiger charge is 2.19. The molecular formula is C26H27FN4O3S. The van der Waals surface area contributed by atoms with Crippen LogP contribution in [-0.4, -0.2) is 63.5 Å². The lowest BCUT2D eigenvalue weighted by Gasteiger charge is -2.33. The molecule has 182 valence electrons. The number of nitrogens with zero attached hydrogens (tertiary/aromatic N) is 3.